The van der Waals surface area contributed by atoms with Crippen LogP contribution in [0, 0.1) is 5.41 Å². The summed E-state index contributed by atoms with van der Waals surface area (Å²) in [4.78, 5) is 0. The van der Waals surface area contributed by atoms with E-state index in [1.54, 1.807) is 0 Å². The van der Waals surface area contributed by atoms with Crippen LogP contribution in [0.2, 0.25) is 0 Å². The minimum atomic E-state index is -1.12. The molecule has 0 heterocycles. The largest absolute Gasteiger partial charge is 0.591 e. The first-order valence-corrected chi connectivity index (χ1v) is 5.77. The summed E-state index contributed by atoms with van der Waals surface area (Å²) in [6.07, 6.45) is 2.83. The van der Waals surface area contributed by atoms with Crippen LogP contribution in [-0.4, -0.2) is 15.5 Å². The fourth-order valence-electron chi connectivity index (χ4n) is 0.440. The van der Waals surface area contributed by atoms with Gasteiger partial charge < -0.3 is 4.55 Å². The van der Waals surface area contributed by atoms with Gasteiger partial charge in [-0.2, -0.15) is 0 Å². The molecule has 1 atom stereocenters. The van der Waals surface area contributed by atoms with Crippen LogP contribution in [0.1, 0.15) is 48.0 Å². The third kappa shape index (κ3) is 5.32. The van der Waals surface area contributed by atoms with Gasteiger partial charge in [-0.1, -0.05) is 25.2 Å². The molecule has 0 aromatic heterocycles. The molecular weight excluding hydrogens is 182 g/mol. The molecule has 0 unspecified atom stereocenters. The maximum Gasteiger partial charge on any atom is 0.144 e. The van der Waals surface area contributed by atoms with Crippen LogP contribution in [0.25, 0.3) is 0 Å². The molecule has 0 aliphatic rings. The van der Waals surface area contributed by atoms with Crippen LogP contribution in [-0.2, 0) is 11.4 Å². The van der Waals surface area contributed by atoms with E-state index in [9.17, 15) is 4.55 Å². The van der Waals surface area contributed by atoms with Gasteiger partial charge in [0.1, 0.15) is 16.1 Å². The maximum atomic E-state index is 11.5. The summed E-state index contributed by atoms with van der Waals surface area (Å²) in [7, 11) is 0. The van der Waals surface area contributed by atoms with E-state index in [1.165, 1.54) is 0 Å². The first kappa shape index (κ1) is 13.0. The SMILES string of the molecule is CCC(C)(C)/C=N/[S@@+]([O-])C(C)(C)C. The second-order valence-electron chi connectivity index (χ2n) is 4.94. The Hall–Kier alpha value is -0.0200. The normalized spacial score (nSPS) is 16.5. The second kappa shape index (κ2) is 4.47. The molecule has 0 amide bonds. The van der Waals surface area contributed by atoms with E-state index in [1.807, 2.05) is 27.0 Å². The Labute approximate surface area is 85.1 Å². The van der Waals surface area contributed by atoms with Crippen molar-refractivity contribution in [2.24, 2.45) is 9.81 Å². The molecule has 0 aliphatic carbocycles. The zero-order valence-electron chi connectivity index (χ0n) is 9.55. The van der Waals surface area contributed by atoms with Crippen LogP contribution >= 0.6 is 0 Å². The Balaban J connectivity index is 4.28. The van der Waals surface area contributed by atoms with Crippen LogP contribution in [0.4, 0.5) is 0 Å². The summed E-state index contributed by atoms with van der Waals surface area (Å²) in [5, 5.41) is 0. The molecule has 0 aliphatic heterocycles. The van der Waals surface area contributed by atoms with E-state index in [2.05, 4.69) is 25.2 Å². The molecule has 0 saturated heterocycles. The molecule has 0 aromatic carbocycles. The van der Waals surface area contributed by atoms with Crippen molar-refractivity contribution in [3.63, 3.8) is 0 Å². The standard InChI is InChI=1S/C10H21NOS/c1-7-10(5,6)8-11-13(12)9(2,3)4/h8H,7H2,1-6H3/b11-8+/t13-/m0/s1. The Bertz CT molecular complexity index is 182. The third-order valence-corrected chi connectivity index (χ3v) is 3.28. The van der Waals surface area contributed by atoms with Gasteiger partial charge >= 0.3 is 0 Å². The summed E-state index contributed by atoms with van der Waals surface area (Å²) in [6, 6.07) is 0. The maximum absolute atomic E-state index is 11.5. The van der Waals surface area contributed by atoms with Gasteiger partial charge in [-0.3, -0.25) is 0 Å². The van der Waals surface area contributed by atoms with Crippen LogP contribution < -0.4 is 0 Å². The highest BCUT2D eigenvalue weighted by Crippen LogP contribution is 2.20. The first-order chi connectivity index (χ1) is 5.69. The Morgan fingerprint density at radius 3 is 2.00 bits per heavy atom. The number of hydrogen-bond donors (Lipinski definition) is 0. The molecule has 2 nitrogen and oxygen atoms in total. The highest BCUT2D eigenvalue weighted by atomic mass is 32.2. The van der Waals surface area contributed by atoms with E-state index in [0.29, 0.717) is 0 Å². The van der Waals surface area contributed by atoms with E-state index in [0.717, 1.165) is 6.42 Å². The van der Waals surface area contributed by atoms with Gasteiger partial charge in [0.05, 0.1) is 6.21 Å². The molecule has 0 N–H and O–H groups in total. The zero-order chi connectivity index (χ0) is 10.7. The van der Waals surface area contributed by atoms with E-state index in [4.69, 9.17) is 0 Å². The lowest BCUT2D eigenvalue weighted by Crippen LogP contribution is -2.27. The molecule has 0 bridgehead atoms. The van der Waals surface area contributed by atoms with Gasteiger partial charge in [0.15, 0.2) is 0 Å². The predicted octanol–water partition coefficient (Wildman–Crippen LogP) is 2.96. The van der Waals surface area contributed by atoms with Crippen molar-refractivity contribution in [3.8, 4) is 0 Å². The fraction of sp³-hybridized carbons (Fsp3) is 0.900. The van der Waals surface area contributed by atoms with Crippen molar-refractivity contribution in [2.75, 3.05) is 0 Å². The number of hydrogen-bond acceptors (Lipinski definition) is 2. The summed E-state index contributed by atoms with van der Waals surface area (Å²) < 4.78 is 15.4. The van der Waals surface area contributed by atoms with E-state index in [-0.39, 0.29) is 10.2 Å². The minimum Gasteiger partial charge on any atom is -0.591 e. The van der Waals surface area contributed by atoms with Gasteiger partial charge in [-0.05, 0) is 27.2 Å². The summed E-state index contributed by atoms with van der Waals surface area (Å²) in [6.45, 7) is 12.1. The predicted molar refractivity (Wildman–Crippen MR) is 60.5 cm³/mol. The summed E-state index contributed by atoms with van der Waals surface area (Å²) in [5.41, 5.74) is 0.0565. The summed E-state index contributed by atoms with van der Waals surface area (Å²) in [5.74, 6) is 0. The van der Waals surface area contributed by atoms with Crippen molar-refractivity contribution in [1.82, 2.24) is 0 Å². The lowest BCUT2D eigenvalue weighted by molar-refractivity contribution is 0.514. The average molecular weight is 203 g/mol. The first-order valence-electron chi connectivity index (χ1n) is 4.66. The molecule has 0 rings (SSSR count). The molecular formula is C10H21NOS. The van der Waals surface area contributed by atoms with Crippen molar-refractivity contribution < 1.29 is 4.55 Å². The Morgan fingerprint density at radius 1 is 1.23 bits per heavy atom. The van der Waals surface area contributed by atoms with Crippen molar-refractivity contribution >= 4 is 17.6 Å². The Kier molecular flexibility index (Phi) is 4.46. The molecule has 3 heteroatoms. The van der Waals surface area contributed by atoms with Gasteiger partial charge in [0, 0.05) is 5.41 Å². The second-order valence-corrected chi connectivity index (χ2v) is 6.87. The van der Waals surface area contributed by atoms with Crippen LogP contribution in [0.3, 0.4) is 0 Å². The smallest absolute Gasteiger partial charge is 0.144 e. The molecule has 0 radical (unpaired) electrons. The molecule has 78 valence electrons. The number of nitrogens with zero attached hydrogens (tertiary/aromatic N) is 1. The zero-order valence-corrected chi connectivity index (χ0v) is 10.4. The average Bonchev–Trinajstić information content (AvgIpc) is 1.98. The molecule has 13 heavy (non-hydrogen) atoms. The molecule has 0 spiro atoms. The molecule has 0 saturated carbocycles. The summed E-state index contributed by atoms with van der Waals surface area (Å²) >= 11 is -1.12. The van der Waals surface area contributed by atoms with E-state index >= 15 is 0 Å². The Morgan fingerprint density at radius 2 is 1.69 bits per heavy atom. The number of rotatable bonds is 3. The van der Waals surface area contributed by atoms with Gasteiger partial charge in [-0.25, -0.2) is 0 Å². The monoisotopic (exact) mass is 203 g/mol. The van der Waals surface area contributed by atoms with Crippen molar-refractivity contribution in [3.05, 3.63) is 0 Å². The fourth-order valence-corrected chi connectivity index (χ4v) is 1.14. The van der Waals surface area contributed by atoms with Crippen molar-refractivity contribution in [1.29, 1.82) is 0 Å². The topological polar surface area (TPSA) is 35.4 Å². The lowest BCUT2D eigenvalue weighted by Gasteiger charge is -2.20. The van der Waals surface area contributed by atoms with E-state index < -0.39 is 11.4 Å². The van der Waals surface area contributed by atoms with Gasteiger partial charge in [-0.15, -0.1) is 0 Å². The lowest BCUT2D eigenvalue weighted by atomic mass is 9.92. The molecule has 0 aromatic rings. The van der Waals surface area contributed by atoms with Crippen LogP contribution in [0.5, 0.6) is 0 Å². The minimum absolute atomic E-state index is 0.0565. The van der Waals surface area contributed by atoms with Gasteiger partial charge in [0.25, 0.3) is 0 Å². The van der Waals surface area contributed by atoms with Crippen molar-refractivity contribution in [2.45, 2.75) is 52.7 Å². The highest BCUT2D eigenvalue weighted by Gasteiger charge is 2.26. The van der Waals surface area contributed by atoms with Gasteiger partial charge in [0.2, 0.25) is 0 Å². The highest BCUT2D eigenvalue weighted by molar-refractivity contribution is 7.91. The van der Waals surface area contributed by atoms with Crippen LogP contribution in [0.15, 0.2) is 4.40 Å². The molecule has 0 fully saturated rings. The quantitative estimate of drug-likeness (QED) is 0.513. The third-order valence-electron chi connectivity index (χ3n) is 1.93.